The zero-order valence-corrected chi connectivity index (χ0v) is 19.4. The van der Waals surface area contributed by atoms with Gasteiger partial charge in [0.15, 0.2) is 0 Å². The van der Waals surface area contributed by atoms with E-state index in [0.29, 0.717) is 23.5 Å². The molecule has 32 heavy (non-hydrogen) atoms. The number of ether oxygens (including phenoxy) is 1. The predicted molar refractivity (Wildman–Crippen MR) is 124 cm³/mol. The van der Waals surface area contributed by atoms with Crippen LogP contribution in [0.15, 0.2) is 29.2 Å². The lowest BCUT2D eigenvalue weighted by molar-refractivity contribution is 0.247. The summed E-state index contributed by atoms with van der Waals surface area (Å²) in [5.74, 6) is -0.883. The average molecular weight is 465 g/mol. The number of rotatable bonds is 7. The number of benzene rings is 1. The van der Waals surface area contributed by atoms with Gasteiger partial charge in [-0.25, -0.2) is 13.1 Å². The highest BCUT2D eigenvalue weighted by Gasteiger charge is 2.25. The molecule has 2 fully saturated rings. The smallest absolute Gasteiger partial charge is 0.316 e. The van der Waals surface area contributed by atoms with Crippen LogP contribution in [0.1, 0.15) is 39.5 Å². The van der Waals surface area contributed by atoms with E-state index in [1.165, 1.54) is 12.8 Å². The molecule has 0 spiro atoms. The lowest BCUT2D eigenvalue weighted by atomic mass is 10.1. The van der Waals surface area contributed by atoms with Crippen molar-refractivity contribution in [2.24, 2.45) is 5.92 Å². The largest absolute Gasteiger partial charge is 0.486 e. The Labute approximate surface area is 191 Å². The number of hydrogen-bond donors (Lipinski definition) is 0. The molecule has 1 aliphatic heterocycles. The summed E-state index contributed by atoms with van der Waals surface area (Å²) >= 11 is 1.83. The molecule has 2 aromatic rings. The van der Waals surface area contributed by atoms with E-state index in [0.717, 1.165) is 61.9 Å². The fourth-order valence-corrected chi connectivity index (χ4v) is 5.32. The standard InChI is InChI=1S/C23H30F2N4O2S/c1-16(2)32-28-9-7-27(8-10-28)21-14-26-29(20-12-18(24)11-19(25)13-20)23(30)22(21)31-15-17-5-3-4-6-17/h11-14,16-17H,3-10,15H2,1-2H3. The molecule has 1 saturated carbocycles. The van der Waals surface area contributed by atoms with Crippen LogP contribution < -0.4 is 15.2 Å². The van der Waals surface area contributed by atoms with Crippen molar-refractivity contribution < 1.29 is 13.5 Å². The molecule has 1 aromatic heterocycles. The molecule has 9 heteroatoms. The molecule has 2 heterocycles. The van der Waals surface area contributed by atoms with Crippen LogP contribution in [0.25, 0.3) is 5.69 Å². The van der Waals surface area contributed by atoms with E-state index in [-0.39, 0.29) is 11.4 Å². The number of anilines is 1. The summed E-state index contributed by atoms with van der Waals surface area (Å²) in [6, 6.07) is 2.97. The van der Waals surface area contributed by atoms with Crippen LogP contribution in [-0.4, -0.2) is 52.1 Å². The van der Waals surface area contributed by atoms with Crippen LogP contribution in [0.2, 0.25) is 0 Å². The fourth-order valence-electron chi connectivity index (χ4n) is 4.35. The molecule has 2 aliphatic rings. The van der Waals surface area contributed by atoms with E-state index in [9.17, 15) is 13.6 Å². The summed E-state index contributed by atoms with van der Waals surface area (Å²) < 4.78 is 37.0. The molecule has 0 bridgehead atoms. The van der Waals surface area contributed by atoms with Crippen LogP contribution in [0, 0.1) is 17.6 Å². The molecule has 1 aliphatic carbocycles. The van der Waals surface area contributed by atoms with Crippen molar-refractivity contribution >= 4 is 17.6 Å². The zero-order valence-electron chi connectivity index (χ0n) is 18.6. The zero-order chi connectivity index (χ0) is 22.7. The maximum atomic E-state index is 13.8. The quantitative estimate of drug-likeness (QED) is 0.571. The number of aromatic nitrogens is 2. The maximum absolute atomic E-state index is 13.8. The Hall–Kier alpha value is -2.13. The van der Waals surface area contributed by atoms with Crippen molar-refractivity contribution in [2.45, 2.75) is 44.8 Å². The topological polar surface area (TPSA) is 50.6 Å². The lowest BCUT2D eigenvalue weighted by Gasteiger charge is -2.36. The normalized spacial score (nSPS) is 18.0. The Morgan fingerprint density at radius 3 is 2.38 bits per heavy atom. The molecule has 0 atom stereocenters. The summed E-state index contributed by atoms with van der Waals surface area (Å²) in [4.78, 5) is 15.5. The Morgan fingerprint density at radius 2 is 1.75 bits per heavy atom. The van der Waals surface area contributed by atoms with Crippen molar-refractivity contribution in [3.05, 3.63) is 46.4 Å². The molecule has 0 unspecified atom stereocenters. The molecule has 4 rings (SSSR count). The second-order valence-corrected chi connectivity index (χ2v) is 10.4. The summed E-state index contributed by atoms with van der Waals surface area (Å²) in [5, 5.41) is 4.76. The molecule has 1 saturated heterocycles. The first-order chi connectivity index (χ1) is 15.4. The molecule has 174 valence electrons. The third-order valence-corrected chi connectivity index (χ3v) is 6.97. The van der Waals surface area contributed by atoms with E-state index < -0.39 is 17.2 Å². The molecule has 0 N–H and O–H groups in total. The van der Waals surface area contributed by atoms with Gasteiger partial charge in [-0.1, -0.05) is 38.6 Å². The highest BCUT2D eigenvalue weighted by atomic mass is 32.2. The van der Waals surface area contributed by atoms with Crippen molar-refractivity contribution in [3.63, 3.8) is 0 Å². The number of nitrogens with zero attached hydrogens (tertiary/aromatic N) is 4. The first-order valence-electron chi connectivity index (χ1n) is 11.3. The Morgan fingerprint density at radius 1 is 1.09 bits per heavy atom. The van der Waals surface area contributed by atoms with Gasteiger partial charge in [0.1, 0.15) is 17.3 Å². The Kier molecular flexibility index (Phi) is 7.35. The van der Waals surface area contributed by atoms with Crippen molar-refractivity contribution in [2.75, 3.05) is 37.7 Å². The summed E-state index contributed by atoms with van der Waals surface area (Å²) in [6.07, 6.45) is 6.13. The van der Waals surface area contributed by atoms with Gasteiger partial charge in [0.05, 0.1) is 18.5 Å². The van der Waals surface area contributed by atoms with Crippen molar-refractivity contribution in [3.8, 4) is 11.4 Å². The number of hydrogen-bond acceptors (Lipinski definition) is 6. The summed E-state index contributed by atoms with van der Waals surface area (Å²) in [7, 11) is 0. The van der Waals surface area contributed by atoms with E-state index in [4.69, 9.17) is 4.74 Å². The third kappa shape index (κ3) is 5.43. The van der Waals surface area contributed by atoms with Crippen LogP contribution >= 0.6 is 11.9 Å². The van der Waals surface area contributed by atoms with E-state index in [2.05, 4.69) is 28.2 Å². The summed E-state index contributed by atoms with van der Waals surface area (Å²) in [6.45, 7) is 8.03. The highest BCUT2D eigenvalue weighted by Crippen LogP contribution is 2.30. The van der Waals surface area contributed by atoms with Gasteiger partial charge >= 0.3 is 5.56 Å². The second-order valence-electron chi connectivity index (χ2n) is 8.74. The molecular formula is C23H30F2N4O2S. The molecular weight excluding hydrogens is 434 g/mol. The molecule has 0 radical (unpaired) electrons. The number of halogens is 2. The molecule has 6 nitrogen and oxygen atoms in total. The highest BCUT2D eigenvalue weighted by molar-refractivity contribution is 7.97. The van der Waals surface area contributed by atoms with Gasteiger partial charge in [-0.05, 0) is 30.9 Å². The van der Waals surface area contributed by atoms with E-state index in [1.54, 1.807) is 6.20 Å². The Bertz CT molecular complexity index is 966. The third-order valence-electron chi connectivity index (χ3n) is 5.88. The minimum atomic E-state index is -0.759. The van der Waals surface area contributed by atoms with E-state index >= 15 is 0 Å². The van der Waals surface area contributed by atoms with Crippen molar-refractivity contribution in [1.29, 1.82) is 0 Å². The minimum Gasteiger partial charge on any atom is -0.486 e. The van der Waals surface area contributed by atoms with Crippen LogP contribution in [0.5, 0.6) is 5.75 Å². The number of piperazine rings is 1. The fraction of sp³-hybridized carbons (Fsp3) is 0.565. The maximum Gasteiger partial charge on any atom is 0.316 e. The van der Waals surface area contributed by atoms with Gasteiger partial charge in [-0.2, -0.15) is 9.78 Å². The molecule has 0 amide bonds. The van der Waals surface area contributed by atoms with Gasteiger partial charge < -0.3 is 9.64 Å². The predicted octanol–water partition coefficient (Wildman–Crippen LogP) is 4.26. The van der Waals surface area contributed by atoms with Gasteiger partial charge in [0.2, 0.25) is 5.75 Å². The van der Waals surface area contributed by atoms with Crippen LogP contribution in [0.3, 0.4) is 0 Å². The SMILES string of the molecule is CC(C)SN1CCN(c2cnn(-c3cc(F)cc(F)c3)c(=O)c2OCC2CCCC2)CC1. The van der Waals surface area contributed by atoms with Gasteiger partial charge in [0, 0.05) is 37.5 Å². The first-order valence-corrected chi connectivity index (χ1v) is 12.1. The summed E-state index contributed by atoms with van der Waals surface area (Å²) in [5.41, 5.74) is 0.197. The van der Waals surface area contributed by atoms with Gasteiger partial charge in [-0.3, -0.25) is 4.79 Å². The van der Waals surface area contributed by atoms with Gasteiger partial charge in [-0.15, -0.1) is 0 Å². The Balaban J connectivity index is 1.63. The van der Waals surface area contributed by atoms with E-state index in [1.807, 2.05) is 11.9 Å². The second kappa shape index (κ2) is 10.2. The molecule has 1 aromatic carbocycles. The minimum absolute atomic E-state index is 0.0444. The average Bonchev–Trinajstić information content (AvgIpc) is 3.26. The van der Waals surface area contributed by atoms with Crippen LogP contribution in [-0.2, 0) is 0 Å². The monoisotopic (exact) mass is 464 g/mol. The van der Waals surface area contributed by atoms with Crippen molar-refractivity contribution in [1.82, 2.24) is 14.1 Å². The van der Waals surface area contributed by atoms with Gasteiger partial charge in [0.25, 0.3) is 0 Å². The lowest BCUT2D eigenvalue weighted by Crippen LogP contribution is -2.44. The first kappa shape index (κ1) is 23.0. The van der Waals surface area contributed by atoms with Crippen LogP contribution in [0.4, 0.5) is 14.5 Å².